The zero-order valence-corrected chi connectivity index (χ0v) is 16.8. The number of aryl methyl sites for hydroxylation is 2. The molecule has 9 nitrogen and oxygen atoms in total. The fourth-order valence-electron chi connectivity index (χ4n) is 3.22. The lowest BCUT2D eigenvalue weighted by Gasteiger charge is -2.20. The Bertz CT molecular complexity index is 949. The first-order valence-corrected chi connectivity index (χ1v) is 9.19. The van der Waals surface area contributed by atoms with Gasteiger partial charge in [-0.15, -0.1) is 0 Å². The van der Waals surface area contributed by atoms with Crippen LogP contribution in [0.15, 0.2) is 29.0 Å². The van der Waals surface area contributed by atoms with E-state index in [1.807, 2.05) is 38.4 Å². The van der Waals surface area contributed by atoms with Crippen molar-refractivity contribution in [3.05, 3.63) is 47.4 Å². The molecule has 3 aromatic rings. The first kappa shape index (κ1) is 19.5. The number of hydrogen-bond acceptors (Lipinski definition) is 6. The maximum absolute atomic E-state index is 12.6. The van der Waals surface area contributed by atoms with Crippen molar-refractivity contribution in [1.29, 1.82) is 0 Å². The van der Waals surface area contributed by atoms with E-state index in [1.165, 1.54) is 4.90 Å². The third kappa shape index (κ3) is 4.03. The predicted molar refractivity (Wildman–Crippen MR) is 103 cm³/mol. The zero-order valence-electron chi connectivity index (χ0n) is 16.8. The number of hydrogen-bond donors (Lipinski definition) is 1. The van der Waals surface area contributed by atoms with Crippen LogP contribution in [0.2, 0.25) is 0 Å². The van der Waals surface area contributed by atoms with Gasteiger partial charge < -0.3 is 14.7 Å². The number of amides is 2. The molecule has 9 heteroatoms. The van der Waals surface area contributed by atoms with Gasteiger partial charge in [0.05, 0.1) is 11.7 Å². The fraction of sp³-hybridized carbons (Fsp3) is 0.421. The van der Waals surface area contributed by atoms with Crippen LogP contribution in [0.5, 0.6) is 0 Å². The van der Waals surface area contributed by atoms with Crippen LogP contribution >= 0.6 is 0 Å². The number of carbonyl (C=O) groups is 1. The van der Waals surface area contributed by atoms with Gasteiger partial charge in [0.15, 0.2) is 0 Å². The molecule has 0 unspecified atom stereocenters. The minimum atomic E-state index is -0.225. The molecule has 0 fully saturated rings. The molecular formula is C19H25N7O2. The van der Waals surface area contributed by atoms with Crippen molar-refractivity contribution >= 4 is 6.03 Å². The number of aromatic nitrogens is 5. The van der Waals surface area contributed by atoms with Crippen molar-refractivity contribution < 1.29 is 9.32 Å². The summed E-state index contributed by atoms with van der Waals surface area (Å²) in [5.41, 5.74) is 3.79. The largest absolute Gasteiger partial charge is 0.337 e. The summed E-state index contributed by atoms with van der Waals surface area (Å²) in [7, 11) is 1.69. The standard InChI is InChI=1S/C19H25N7O2/c1-6-26-14(4)17(13(3)23-26)12(2)21-19(27)25(5)11-16-22-18(24-28-16)15-8-7-9-20-10-15/h7-10,12H,6,11H2,1-5H3,(H,21,27)/t12-/m0/s1. The zero-order chi connectivity index (χ0) is 20.3. The van der Waals surface area contributed by atoms with Crippen LogP contribution in [0.25, 0.3) is 11.4 Å². The van der Waals surface area contributed by atoms with Crippen molar-refractivity contribution in [2.24, 2.45) is 0 Å². The lowest BCUT2D eigenvalue weighted by Crippen LogP contribution is -2.38. The van der Waals surface area contributed by atoms with Gasteiger partial charge in [-0.2, -0.15) is 10.1 Å². The molecule has 0 aliphatic carbocycles. The SMILES string of the molecule is CCn1nc(C)c([C@H](C)NC(=O)N(C)Cc2nc(-c3cccnc3)no2)c1C. The molecule has 3 rings (SSSR count). The molecular weight excluding hydrogens is 358 g/mol. The lowest BCUT2D eigenvalue weighted by atomic mass is 10.1. The lowest BCUT2D eigenvalue weighted by molar-refractivity contribution is 0.196. The number of rotatable bonds is 6. The second-order valence-electron chi connectivity index (χ2n) is 6.68. The van der Waals surface area contributed by atoms with Gasteiger partial charge in [-0.25, -0.2) is 4.79 Å². The molecule has 148 valence electrons. The summed E-state index contributed by atoms with van der Waals surface area (Å²) in [6, 6.07) is 3.26. The molecule has 2 amide bonds. The van der Waals surface area contributed by atoms with Crippen LogP contribution in [0.1, 0.15) is 42.7 Å². The number of nitrogens with zero attached hydrogens (tertiary/aromatic N) is 6. The smallest absolute Gasteiger partial charge is 0.318 e. The van der Waals surface area contributed by atoms with E-state index in [0.29, 0.717) is 11.7 Å². The van der Waals surface area contributed by atoms with E-state index in [9.17, 15) is 4.79 Å². The second-order valence-corrected chi connectivity index (χ2v) is 6.68. The van der Waals surface area contributed by atoms with Gasteiger partial charge in [-0.1, -0.05) is 5.16 Å². The molecule has 0 saturated heterocycles. The number of nitrogens with one attached hydrogen (secondary N) is 1. The molecule has 0 aromatic carbocycles. The summed E-state index contributed by atoms with van der Waals surface area (Å²) in [6.07, 6.45) is 3.34. The van der Waals surface area contributed by atoms with Crippen LogP contribution in [-0.4, -0.2) is 42.9 Å². The molecule has 0 radical (unpaired) electrons. The first-order chi connectivity index (χ1) is 13.4. The molecule has 0 saturated carbocycles. The quantitative estimate of drug-likeness (QED) is 0.702. The van der Waals surface area contributed by atoms with Crippen molar-refractivity contribution in [3.63, 3.8) is 0 Å². The Labute approximate surface area is 163 Å². The van der Waals surface area contributed by atoms with Crippen LogP contribution in [0, 0.1) is 13.8 Å². The molecule has 28 heavy (non-hydrogen) atoms. The van der Waals surface area contributed by atoms with Crippen molar-refractivity contribution in [1.82, 2.24) is 35.1 Å². The summed E-state index contributed by atoms with van der Waals surface area (Å²) < 4.78 is 7.20. The van der Waals surface area contributed by atoms with Gasteiger partial charge in [0.1, 0.15) is 6.54 Å². The first-order valence-electron chi connectivity index (χ1n) is 9.19. The van der Waals surface area contributed by atoms with E-state index in [1.54, 1.807) is 25.5 Å². The van der Waals surface area contributed by atoms with Crippen LogP contribution in [-0.2, 0) is 13.1 Å². The molecule has 1 N–H and O–H groups in total. The van der Waals surface area contributed by atoms with Gasteiger partial charge in [-0.3, -0.25) is 9.67 Å². The Morgan fingerprint density at radius 2 is 2.18 bits per heavy atom. The Morgan fingerprint density at radius 1 is 1.39 bits per heavy atom. The minimum Gasteiger partial charge on any atom is -0.337 e. The Hall–Kier alpha value is -3.23. The highest BCUT2D eigenvalue weighted by Crippen LogP contribution is 2.21. The molecule has 0 bridgehead atoms. The van der Waals surface area contributed by atoms with Crippen molar-refractivity contribution in [2.75, 3.05) is 7.05 Å². The topological polar surface area (TPSA) is 102 Å². The van der Waals surface area contributed by atoms with Gasteiger partial charge in [0.25, 0.3) is 0 Å². The molecule has 3 aromatic heterocycles. The van der Waals surface area contributed by atoms with Gasteiger partial charge in [0, 0.05) is 42.8 Å². The third-order valence-electron chi connectivity index (χ3n) is 4.62. The molecule has 0 spiro atoms. The summed E-state index contributed by atoms with van der Waals surface area (Å²) in [4.78, 5) is 22.5. The third-order valence-corrected chi connectivity index (χ3v) is 4.62. The number of pyridine rings is 1. The minimum absolute atomic E-state index is 0.163. The van der Waals surface area contributed by atoms with E-state index in [2.05, 4.69) is 25.5 Å². The monoisotopic (exact) mass is 383 g/mol. The van der Waals surface area contributed by atoms with Crippen LogP contribution < -0.4 is 5.32 Å². The summed E-state index contributed by atoms with van der Waals surface area (Å²) >= 11 is 0. The summed E-state index contributed by atoms with van der Waals surface area (Å²) in [5.74, 6) is 0.804. The number of urea groups is 1. The van der Waals surface area contributed by atoms with E-state index >= 15 is 0 Å². The normalized spacial score (nSPS) is 12.0. The molecule has 0 aliphatic heterocycles. The van der Waals surface area contributed by atoms with Gasteiger partial charge in [0.2, 0.25) is 11.7 Å². The van der Waals surface area contributed by atoms with Crippen LogP contribution in [0.3, 0.4) is 0 Å². The maximum atomic E-state index is 12.6. The highest BCUT2D eigenvalue weighted by atomic mass is 16.5. The second kappa shape index (κ2) is 8.20. The maximum Gasteiger partial charge on any atom is 0.318 e. The average molecular weight is 383 g/mol. The Balaban J connectivity index is 1.64. The van der Waals surface area contributed by atoms with Crippen molar-refractivity contribution in [3.8, 4) is 11.4 Å². The highest BCUT2D eigenvalue weighted by Gasteiger charge is 2.21. The van der Waals surface area contributed by atoms with Crippen molar-refractivity contribution in [2.45, 2.75) is 46.8 Å². The summed E-state index contributed by atoms with van der Waals surface area (Å²) in [5, 5.41) is 11.5. The van der Waals surface area contributed by atoms with E-state index in [0.717, 1.165) is 29.1 Å². The highest BCUT2D eigenvalue weighted by molar-refractivity contribution is 5.74. The molecule has 0 aliphatic rings. The Kier molecular flexibility index (Phi) is 5.72. The van der Waals surface area contributed by atoms with E-state index < -0.39 is 0 Å². The fourth-order valence-corrected chi connectivity index (χ4v) is 3.22. The van der Waals surface area contributed by atoms with Gasteiger partial charge >= 0.3 is 6.03 Å². The van der Waals surface area contributed by atoms with Gasteiger partial charge in [-0.05, 0) is 39.8 Å². The number of carbonyl (C=O) groups excluding carboxylic acids is 1. The van der Waals surface area contributed by atoms with E-state index in [4.69, 9.17) is 4.52 Å². The predicted octanol–water partition coefficient (Wildman–Crippen LogP) is 2.87. The Morgan fingerprint density at radius 3 is 2.82 bits per heavy atom. The van der Waals surface area contributed by atoms with E-state index in [-0.39, 0.29) is 18.6 Å². The molecule has 1 atom stereocenters. The van der Waals surface area contributed by atoms with Crippen LogP contribution in [0.4, 0.5) is 4.79 Å². The summed E-state index contributed by atoms with van der Waals surface area (Å²) in [6.45, 7) is 8.98. The average Bonchev–Trinajstić information content (AvgIpc) is 3.26. The molecule has 3 heterocycles.